The van der Waals surface area contributed by atoms with Gasteiger partial charge in [0.2, 0.25) is 0 Å². The van der Waals surface area contributed by atoms with Gasteiger partial charge in [0.1, 0.15) is 11.9 Å². The number of aromatic nitrogens is 1. The molecular weight excluding hydrogens is 242 g/mol. The van der Waals surface area contributed by atoms with Crippen molar-refractivity contribution in [2.75, 3.05) is 5.32 Å². The molecule has 19 heavy (non-hydrogen) atoms. The van der Waals surface area contributed by atoms with Crippen molar-refractivity contribution in [2.45, 2.75) is 38.1 Å². The van der Waals surface area contributed by atoms with Gasteiger partial charge in [-0.3, -0.25) is 4.79 Å². The van der Waals surface area contributed by atoms with Gasteiger partial charge in [-0.2, -0.15) is 5.26 Å². The van der Waals surface area contributed by atoms with Gasteiger partial charge in [0.15, 0.2) is 0 Å². The number of carbonyl (C=O) groups is 1. The zero-order valence-corrected chi connectivity index (χ0v) is 10.7. The molecule has 0 bridgehead atoms. The lowest BCUT2D eigenvalue weighted by Crippen LogP contribution is -2.34. The van der Waals surface area contributed by atoms with Crippen molar-refractivity contribution in [3.05, 3.63) is 23.9 Å². The van der Waals surface area contributed by atoms with Gasteiger partial charge in [-0.25, -0.2) is 4.98 Å². The van der Waals surface area contributed by atoms with Crippen molar-refractivity contribution in [1.29, 1.82) is 5.26 Å². The third-order valence-electron chi connectivity index (χ3n) is 3.58. The summed E-state index contributed by atoms with van der Waals surface area (Å²) in [6.45, 7) is 0. The maximum Gasteiger partial charge on any atom is 0.308 e. The summed E-state index contributed by atoms with van der Waals surface area (Å²) >= 11 is 0. The Labute approximate surface area is 112 Å². The van der Waals surface area contributed by atoms with Crippen LogP contribution < -0.4 is 5.32 Å². The first-order valence-electron chi connectivity index (χ1n) is 6.57. The molecule has 5 nitrogen and oxygen atoms in total. The highest BCUT2D eigenvalue weighted by atomic mass is 16.4. The summed E-state index contributed by atoms with van der Waals surface area (Å²) in [7, 11) is 0. The van der Waals surface area contributed by atoms with Crippen LogP contribution in [-0.4, -0.2) is 22.1 Å². The molecule has 0 spiro atoms. The Morgan fingerprint density at radius 1 is 1.42 bits per heavy atom. The molecule has 2 rings (SSSR count). The van der Waals surface area contributed by atoms with Crippen LogP contribution in [0.4, 0.5) is 5.82 Å². The number of nitrogens with zero attached hydrogens (tertiary/aromatic N) is 2. The van der Waals surface area contributed by atoms with E-state index in [4.69, 9.17) is 5.26 Å². The number of anilines is 1. The quantitative estimate of drug-likeness (QED) is 0.814. The Hall–Kier alpha value is -2.09. The summed E-state index contributed by atoms with van der Waals surface area (Å²) in [5, 5.41) is 21.5. The van der Waals surface area contributed by atoms with Gasteiger partial charge in [0.25, 0.3) is 0 Å². The van der Waals surface area contributed by atoms with E-state index in [1.54, 1.807) is 18.3 Å². The molecule has 1 heterocycles. The van der Waals surface area contributed by atoms with Crippen LogP contribution in [0.2, 0.25) is 0 Å². The molecule has 1 fully saturated rings. The summed E-state index contributed by atoms with van der Waals surface area (Å²) in [6.07, 6.45) is 6.11. The standard InChI is InChI=1S/C14H17N3O2/c15-9-10-5-4-8-16-13(10)17-12-7-3-1-2-6-11(12)14(18)19/h4-5,8,11-12H,1-3,6-7H2,(H,16,17)(H,18,19). The first-order chi connectivity index (χ1) is 9.22. The third kappa shape index (κ3) is 3.22. The average Bonchev–Trinajstić information content (AvgIpc) is 2.65. The van der Waals surface area contributed by atoms with Gasteiger partial charge in [0.05, 0.1) is 11.5 Å². The molecular formula is C14H17N3O2. The summed E-state index contributed by atoms with van der Waals surface area (Å²) in [6, 6.07) is 5.30. The predicted molar refractivity (Wildman–Crippen MR) is 70.6 cm³/mol. The third-order valence-corrected chi connectivity index (χ3v) is 3.58. The monoisotopic (exact) mass is 259 g/mol. The van der Waals surface area contributed by atoms with Crippen molar-refractivity contribution < 1.29 is 9.90 Å². The van der Waals surface area contributed by atoms with Gasteiger partial charge < -0.3 is 10.4 Å². The number of aliphatic carboxylic acids is 1. The van der Waals surface area contributed by atoms with E-state index in [-0.39, 0.29) is 6.04 Å². The number of hydrogen-bond acceptors (Lipinski definition) is 4. The lowest BCUT2D eigenvalue weighted by atomic mass is 9.95. The van der Waals surface area contributed by atoms with Gasteiger partial charge in [-0.05, 0) is 25.0 Å². The summed E-state index contributed by atoms with van der Waals surface area (Å²) in [5.41, 5.74) is 0.455. The van der Waals surface area contributed by atoms with E-state index in [1.165, 1.54) is 0 Å². The maximum absolute atomic E-state index is 11.3. The highest BCUT2D eigenvalue weighted by Crippen LogP contribution is 2.26. The second-order valence-corrected chi connectivity index (χ2v) is 4.84. The SMILES string of the molecule is N#Cc1cccnc1NC1CCCCCC1C(=O)O. The van der Waals surface area contributed by atoms with Crippen LogP contribution in [0.5, 0.6) is 0 Å². The Kier molecular flexibility index (Phi) is 4.35. The molecule has 1 aromatic rings. The summed E-state index contributed by atoms with van der Waals surface area (Å²) in [5.74, 6) is -0.687. The number of pyridine rings is 1. The van der Waals surface area contributed by atoms with Gasteiger partial charge in [-0.15, -0.1) is 0 Å². The number of carboxylic acid groups (broad SMARTS) is 1. The van der Waals surface area contributed by atoms with E-state index in [0.717, 1.165) is 25.7 Å². The first-order valence-corrected chi connectivity index (χ1v) is 6.57. The average molecular weight is 259 g/mol. The Balaban J connectivity index is 2.19. The van der Waals surface area contributed by atoms with E-state index in [0.29, 0.717) is 17.8 Å². The minimum Gasteiger partial charge on any atom is -0.481 e. The number of rotatable bonds is 3. The number of nitrogens with one attached hydrogen (secondary N) is 1. The fraction of sp³-hybridized carbons (Fsp3) is 0.500. The van der Waals surface area contributed by atoms with Gasteiger partial charge in [0, 0.05) is 12.2 Å². The molecule has 0 radical (unpaired) electrons. The Morgan fingerprint density at radius 2 is 2.21 bits per heavy atom. The highest BCUT2D eigenvalue weighted by Gasteiger charge is 2.30. The molecule has 100 valence electrons. The Bertz CT molecular complexity index is 496. The van der Waals surface area contributed by atoms with E-state index in [1.807, 2.05) is 0 Å². The molecule has 1 saturated carbocycles. The molecule has 0 amide bonds. The number of carboxylic acids is 1. The minimum atomic E-state index is -0.770. The fourth-order valence-electron chi connectivity index (χ4n) is 2.56. The van der Waals surface area contributed by atoms with Crippen LogP contribution in [0, 0.1) is 17.2 Å². The lowest BCUT2D eigenvalue weighted by molar-refractivity contribution is -0.142. The van der Waals surface area contributed by atoms with Crippen LogP contribution in [0.1, 0.15) is 37.7 Å². The molecule has 5 heteroatoms. The molecule has 0 aromatic carbocycles. The smallest absolute Gasteiger partial charge is 0.308 e. The molecule has 1 aliphatic carbocycles. The van der Waals surface area contributed by atoms with Crippen molar-refractivity contribution in [1.82, 2.24) is 4.98 Å². The molecule has 1 aromatic heterocycles. The molecule has 1 aliphatic rings. The van der Waals surface area contributed by atoms with Gasteiger partial charge in [-0.1, -0.05) is 19.3 Å². The van der Waals surface area contributed by atoms with E-state index < -0.39 is 11.9 Å². The highest BCUT2D eigenvalue weighted by molar-refractivity contribution is 5.71. The fourth-order valence-corrected chi connectivity index (χ4v) is 2.56. The summed E-state index contributed by atoms with van der Waals surface area (Å²) < 4.78 is 0. The van der Waals surface area contributed by atoms with Crippen molar-refractivity contribution in [2.24, 2.45) is 5.92 Å². The topological polar surface area (TPSA) is 86.0 Å². The zero-order chi connectivity index (χ0) is 13.7. The van der Waals surface area contributed by atoms with E-state index >= 15 is 0 Å². The van der Waals surface area contributed by atoms with Crippen LogP contribution >= 0.6 is 0 Å². The van der Waals surface area contributed by atoms with Gasteiger partial charge >= 0.3 is 5.97 Å². The first kappa shape index (κ1) is 13.3. The van der Waals surface area contributed by atoms with Crippen molar-refractivity contribution in [3.8, 4) is 6.07 Å². The normalized spacial score (nSPS) is 23.1. The number of hydrogen-bond donors (Lipinski definition) is 2. The van der Waals surface area contributed by atoms with Crippen LogP contribution in [0.15, 0.2) is 18.3 Å². The molecule has 0 aliphatic heterocycles. The van der Waals surface area contributed by atoms with E-state index in [9.17, 15) is 9.90 Å². The van der Waals surface area contributed by atoms with Crippen LogP contribution in [0.3, 0.4) is 0 Å². The second kappa shape index (κ2) is 6.19. The summed E-state index contributed by atoms with van der Waals surface area (Å²) in [4.78, 5) is 15.5. The molecule has 2 atom stereocenters. The van der Waals surface area contributed by atoms with Crippen LogP contribution in [-0.2, 0) is 4.79 Å². The van der Waals surface area contributed by atoms with Crippen molar-refractivity contribution in [3.63, 3.8) is 0 Å². The van der Waals surface area contributed by atoms with Crippen molar-refractivity contribution >= 4 is 11.8 Å². The molecule has 2 N–H and O–H groups in total. The predicted octanol–water partition coefficient (Wildman–Crippen LogP) is 2.40. The van der Waals surface area contributed by atoms with Crippen LogP contribution in [0.25, 0.3) is 0 Å². The molecule has 0 saturated heterocycles. The lowest BCUT2D eigenvalue weighted by Gasteiger charge is -2.23. The Morgan fingerprint density at radius 3 is 2.95 bits per heavy atom. The largest absolute Gasteiger partial charge is 0.481 e. The maximum atomic E-state index is 11.3. The second-order valence-electron chi connectivity index (χ2n) is 4.84. The van der Waals surface area contributed by atoms with E-state index in [2.05, 4.69) is 16.4 Å². The number of nitriles is 1. The minimum absolute atomic E-state index is 0.151. The molecule has 2 unspecified atom stereocenters. The zero-order valence-electron chi connectivity index (χ0n) is 10.7.